The summed E-state index contributed by atoms with van der Waals surface area (Å²) in [4.78, 5) is 5.20. The Labute approximate surface area is 120 Å². The Morgan fingerprint density at radius 1 is 1.28 bits per heavy atom. The van der Waals surface area contributed by atoms with Gasteiger partial charge in [0.05, 0.1) is 0 Å². The molecule has 3 nitrogen and oxygen atoms in total. The first-order chi connectivity index (χ1) is 8.69. The topological polar surface area (TPSA) is 15.7 Å². The molecule has 0 N–H and O–H groups in total. The number of alkyl halides is 1. The van der Waals surface area contributed by atoms with Crippen LogP contribution in [0.1, 0.15) is 26.2 Å². The molecule has 0 aromatic heterocycles. The Kier molecular flexibility index (Phi) is 5.48. The number of hydrogen-bond donors (Lipinski definition) is 0. The third-order valence-electron chi connectivity index (χ3n) is 4.73. The number of hydrogen-bond acceptors (Lipinski definition) is 3. The summed E-state index contributed by atoms with van der Waals surface area (Å²) in [6, 6.07) is 0.742. The van der Waals surface area contributed by atoms with Crippen molar-refractivity contribution in [3.63, 3.8) is 0 Å². The zero-order valence-electron chi connectivity index (χ0n) is 11.8. The molecule has 0 radical (unpaired) electrons. The van der Waals surface area contributed by atoms with Gasteiger partial charge in [0.25, 0.3) is 0 Å². The fourth-order valence-corrected chi connectivity index (χ4v) is 3.95. The van der Waals surface area contributed by atoms with Crippen molar-refractivity contribution in [1.82, 2.24) is 9.80 Å². The molecular formula is C14H27BrN2O. The molecule has 1 atom stereocenters. The molecule has 0 aliphatic carbocycles. The SMILES string of the molecule is CCC1CN(CC2(CBr)CCOCC2)CCN1C. The van der Waals surface area contributed by atoms with E-state index >= 15 is 0 Å². The molecule has 2 heterocycles. The van der Waals surface area contributed by atoms with Crippen molar-refractivity contribution in [2.24, 2.45) is 5.41 Å². The summed E-state index contributed by atoms with van der Waals surface area (Å²) in [6.07, 6.45) is 3.68. The maximum Gasteiger partial charge on any atom is 0.0472 e. The molecule has 0 aromatic rings. The molecular weight excluding hydrogens is 292 g/mol. The predicted molar refractivity (Wildman–Crippen MR) is 79.4 cm³/mol. The molecule has 2 fully saturated rings. The van der Waals surface area contributed by atoms with Gasteiger partial charge in [0.1, 0.15) is 0 Å². The highest BCUT2D eigenvalue weighted by molar-refractivity contribution is 9.09. The van der Waals surface area contributed by atoms with E-state index in [1.165, 1.54) is 45.4 Å². The first kappa shape index (κ1) is 14.8. The second-order valence-electron chi connectivity index (χ2n) is 6.02. The Bertz CT molecular complexity index is 256. The molecule has 2 saturated heterocycles. The molecule has 2 aliphatic heterocycles. The quantitative estimate of drug-likeness (QED) is 0.739. The Morgan fingerprint density at radius 3 is 2.61 bits per heavy atom. The second-order valence-corrected chi connectivity index (χ2v) is 6.58. The molecule has 2 rings (SSSR count). The van der Waals surface area contributed by atoms with Gasteiger partial charge in [-0.25, -0.2) is 0 Å². The van der Waals surface area contributed by atoms with E-state index in [-0.39, 0.29) is 0 Å². The Morgan fingerprint density at radius 2 is 2.00 bits per heavy atom. The Hall–Kier alpha value is 0.360. The van der Waals surface area contributed by atoms with Crippen LogP contribution in [0.25, 0.3) is 0 Å². The van der Waals surface area contributed by atoms with E-state index in [0.29, 0.717) is 5.41 Å². The van der Waals surface area contributed by atoms with E-state index in [1.807, 2.05) is 0 Å². The highest BCUT2D eigenvalue weighted by Crippen LogP contribution is 2.34. The van der Waals surface area contributed by atoms with Crippen molar-refractivity contribution in [2.45, 2.75) is 32.2 Å². The number of ether oxygens (including phenoxy) is 1. The molecule has 0 amide bonds. The number of nitrogens with zero attached hydrogens (tertiary/aromatic N) is 2. The van der Waals surface area contributed by atoms with Crippen LogP contribution in [0.3, 0.4) is 0 Å². The summed E-state index contributed by atoms with van der Waals surface area (Å²) in [5, 5.41) is 1.12. The summed E-state index contributed by atoms with van der Waals surface area (Å²) in [6.45, 7) is 9.11. The van der Waals surface area contributed by atoms with Gasteiger partial charge >= 0.3 is 0 Å². The lowest BCUT2D eigenvalue weighted by molar-refractivity contribution is -0.00688. The van der Waals surface area contributed by atoms with Crippen molar-refractivity contribution >= 4 is 15.9 Å². The van der Waals surface area contributed by atoms with Crippen molar-refractivity contribution in [3.8, 4) is 0 Å². The molecule has 0 spiro atoms. The predicted octanol–water partition coefficient (Wildman–Crippen LogP) is 2.20. The van der Waals surface area contributed by atoms with Crippen LogP contribution in [0.2, 0.25) is 0 Å². The minimum Gasteiger partial charge on any atom is -0.381 e. The van der Waals surface area contributed by atoms with Crippen molar-refractivity contribution in [3.05, 3.63) is 0 Å². The van der Waals surface area contributed by atoms with E-state index in [1.54, 1.807) is 0 Å². The van der Waals surface area contributed by atoms with Crippen molar-refractivity contribution < 1.29 is 4.74 Å². The normalized spacial score (nSPS) is 30.5. The third kappa shape index (κ3) is 3.47. The van der Waals surface area contributed by atoms with Crippen LogP contribution in [-0.2, 0) is 4.74 Å². The fourth-order valence-electron chi connectivity index (χ4n) is 3.21. The van der Waals surface area contributed by atoms with Crippen LogP contribution in [0, 0.1) is 5.41 Å². The van der Waals surface area contributed by atoms with Gasteiger partial charge in [-0.15, -0.1) is 0 Å². The first-order valence-corrected chi connectivity index (χ1v) is 8.37. The summed E-state index contributed by atoms with van der Waals surface area (Å²) >= 11 is 3.75. The van der Waals surface area contributed by atoms with Gasteiger partial charge in [-0.3, -0.25) is 4.90 Å². The second kappa shape index (κ2) is 6.69. The maximum absolute atomic E-state index is 5.53. The maximum atomic E-state index is 5.53. The largest absolute Gasteiger partial charge is 0.381 e. The monoisotopic (exact) mass is 318 g/mol. The van der Waals surface area contributed by atoms with Gasteiger partial charge in [-0.05, 0) is 31.7 Å². The molecule has 106 valence electrons. The van der Waals surface area contributed by atoms with Gasteiger partial charge in [0.2, 0.25) is 0 Å². The van der Waals surface area contributed by atoms with Crippen molar-refractivity contribution in [2.75, 3.05) is 51.8 Å². The van der Waals surface area contributed by atoms with E-state index in [9.17, 15) is 0 Å². The van der Waals surface area contributed by atoms with Crippen LogP contribution in [0.4, 0.5) is 0 Å². The summed E-state index contributed by atoms with van der Waals surface area (Å²) < 4.78 is 5.53. The molecule has 2 aliphatic rings. The smallest absolute Gasteiger partial charge is 0.0472 e. The van der Waals surface area contributed by atoms with Gasteiger partial charge in [0.15, 0.2) is 0 Å². The highest BCUT2D eigenvalue weighted by Gasteiger charge is 2.35. The van der Waals surface area contributed by atoms with Crippen LogP contribution in [0.15, 0.2) is 0 Å². The lowest BCUT2D eigenvalue weighted by atomic mass is 9.81. The standard InChI is InChI=1S/C14H27BrN2O/c1-3-13-10-17(7-6-16(13)2)12-14(11-15)4-8-18-9-5-14/h13H,3-12H2,1-2H3. The summed E-state index contributed by atoms with van der Waals surface area (Å²) in [5.74, 6) is 0. The number of likely N-dealkylation sites (N-methyl/N-ethyl adjacent to an activating group) is 1. The summed E-state index contributed by atoms with van der Waals surface area (Å²) in [7, 11) is 2.26. The van der Waals surface area contributed by atoms with Crippen molar-refractivity contribution in [1.29, 1.82) is 0 Å². The van der Waals surface area contributed by atoms with E-state index < -0.39 is 0 Å². The molecule has 0 saturated carbocycles. The van der Waals surface area contributed by atoms with Gasteiger partial charge in [-0.2, -0.15) is 0 Å². The first-order valence-electron chi connectivity index (χ1n) is 7.25. The highest BCUT2D eigenvalue weighted by atomic mass is 79.9. The van der Waals surface area contributed by atoms with E-state index in [2.05, 4.69) is 39.7 Å². The third-order valence-corrected chi connectivity index (χ3v) is 5.92. The Balaban J connectivity index is 1.91. The average molecular weight is 319 g/mol. The van der Waals surface area contributed by atoms with Crippen LogP contribution in [-0.4, -0.2) is 67.6 Å². The lowest BCUT2D eigenvalue weighted by Crippen LogP contribution is -2.54. The summed E-state index contributed by atoms with van der Waals surface area (Å²) in [5.41, 5.74) is 0.451. The zero-order valence-corrected chi connectivity index (χ0v) is 13.4. The molecule has 18 heavy (non-hydrogen) atoms. The van der Waals surface area contributed by atoms with Crippen LogP contribution >= 0.6 is 15.9 Å². The van der Waals surface area contributed by atoms with Crippen LogP contribution in [0.5, 0.6) is 0 Å². The molecule has 4 heteroatoms. The molecule has 0 bridgehead atoms. The number of rotatable bonds is 4. The lowest BCUT2D eigenvalue weighted by Gasteiger charge is -2.45. The minimum absolute atomic E-state index is 0.451. The van der Waals surface area contributed by atoms with E-state index in [4.69, 9.17) is 4.74 Å². The fraction of sp³-hybridized carbons (Fsp3) is 1.00. The van der Waals surface area contributed by atoms with Gasteiger partial charge in [-0.1, -0.05) is 22.9 Å². The number of piperazine rings is 1. The van der Waals surface area contributed by atoms with Crippen LogP contribution < -0.4 is 0 Å². The average Bonchev–Trinajstić information content (AvgIpc) is 2.42. The van der Waals surface area contributed by atoms with Gasteiger partial charge in [0, 0.05) is 50.8 Å². The zero-order chi connectivity index (χ0) is 13.0. The minimum atomic E-state index is 0.451. The molecule has 1 unspecified atom stereocenters. The van der Waals surface area contributed by atoms with E-state index in [0.717, 1.165) is 24.6 Å². The molecule has 0 aromatic carbocycles. The van der Waals surface area contributed by atoms with Gasteiger partial charge < -0.3 is 9.64 Å². The number of halogens is 1.